The van der Waals surface area contributed by atoms with E-state index in [1.165, 1.54) is 23.1 Å². The van der Waals surface area contributed by atoms with Crippen molar-refractivity contribution < 1.29 is 13.9 Å². The molecule has 0 fully saturated rings. The number of anilines is 3. The van der Waals surface area contributed by atoms with Gasteiger partial charge in [0.15, 0.2) is 0 Å². The van der Waals surface area contributed by atoms with Gasteiger partial charge in [0.1, 0.15) is 36.9 Å². The van der Waals surface area contributed by atoms with Crippen molar-refractivity contribution >= 4 is 34.0 Å². The van der Waals surface area contributed by atoms with Gasteiger partial charge in [-0.15, -0.1) is 0 Å². The molecule has 0 saturated carbocycles. The molecule has 0 atom stereocenters. The second-order valence-corrected chi connectivity index (χ2v) is 7.76. The lowest BCUT2D eigenvalue weighted by Gasteiger charge is -2.09. The van der Waals surface area contributed by atoms with Crippen LogP contribution in [0.2, 0.25) is 0 Å². The number of fused-ring (bicyclic) bond motifs is 1. The number of benzene rings is 3. The first-order valence-electron chi connectivity index (χ1n) is 10.9. The van der Waals surface area contributed by atoms with Crippen LogP contribution >= 0.6 is 0 Å². The summed E-state index contributed by atoms with van der Waals surface area (Å²) in [4.78, 5) is 21.0. The number of hydrogen-bond donors (Lipinski definition) is 2. The Hall–Kier alpha value is -4.79. The van der Waals surface area contributed by atoms with E-state index in [4.69, 9.17) is 4.74 Å². The predicted molar refractivity (Wildman–Crippen MR) is 131 cm³/mol. The van der Waals surface area contributed by atoms with Crippen LogP contribution in [0.15, 0.2) is 91.5 Å². The summed E-state index contributed by atoms with van der Waals surface area (Å²) in [5.41, 5.74) is 2.58. The molecule has 0 aliphatic carbocycles. The van der Waals surface area contributed by atoms with Crippen LogP contribution in [-0.4, -0.2) is 25.7 Å². The van der Waals surface area contributed by atoms with Gasteiger partial charge in [0, 0.05) is 17.6 Å². The highest BCUT2D eigenvalue weighted by molar-refractivity contribution is 5.92. The molecule has 2 N–H and O–H groups in total. The van der Waals surface area contributed by atoms with Crippen molar-refractivity contribution in [3.8, 4) is 5.75 Å². The highest BCUT2D eigenvalue weighted by atomic mass is 19.1. The smallest absolute Gasteiger partial charge is 0.246 e. The van der Waals surface area contributed by atoms with E-state index in [1.54, 1.807) is 24.5 Å². The summed E-state index contributed by atoms with van der Waals surface area (Å²) in [6.07, 6.45) is 4.73. The minimum Gasteiger partial charge on any atom is -0.489 e. The molecule has 174 valence electrons. The largest absolute Gasteiger partial charge is 0.489 e. The SMILES string of the molecule is O=C(Cn1cc(Nc2ncnc3cc(OCc4ccccc4)ccc23)cn1)Nc1ccccc1F. The van der Waals surface area contributed by atoms with Gasteiger partial charge < -0.3 is 15.4 Å². The van der Waals surface area contributed by atoms with Gasteiger partial charge in [-0.05, 0) is 29.8 Å². The van der Waals surface area contributed by atoms with E-state index in [2.05, 4.69) is 25.7 Å². The lowest BCUT2D eigenvalue weighted by molar-refractivity contribution is -0.116. The van der Waals surface area contributed by atoms with Crippen molar-refractivity contribution in [3.05, 3.63) is 103 Å². The first-order valence-corrected chi connectivity index (χ1v) is 10.9. The fourth-order valence-corrected chi connectivity index (χ4v) is 3.52. The zero-order chi connectivity index (χ0) is 24.0. The molecule has 3 aromatic carbocycles. The van der Waals surface area contributed by atoms with Gasteiger partial charge in [0.2, 0.25) is 5.91 Å². The number of nitrogens with zero attached hydrogens (tertiary/aromatic N) is 4. The Labute approximate surface area is 200 Å². The van der Waals surface area contributed by atoms with Gasteiger partial charge in [0.05, 0.1) is 23.1 Å². The third-order valence-corrected chi connectivity index (χ3v) is 5.21. The van der Waals surface area contributed by atoms with E-state index < -0.39 is 5.82 Å². The highest BCUT2D eigenvalue weighted by Crippen LogP contribution is 2.26. The van der Waals surface area contributed by atoms with Gasteiger partial charge in [-0.3, -0.25) is 9.48 Å². The number of carbonyl (C=O) groups is 1. The van der Waals surface area contributed by atoms with E-state index in [0.29, 0.717) is 23.9 Å². The summed E-state index contributed by atoms with van der Waals surface area (Å²) >= 11 is 0. The van der Waals surface area contributed by atoms with Gasteiger partial charge >= 0.3 is 0 Å². The van der Waals surface area contributed by atoms with Crippen LogP contribution in [-0.2, 0) is 17.9 Å². The van der Waals surface area contributed by atoms with E-state index in [0.717, 1.165) is 16.5 Å². The molecular formula is C26H21FN6O2. The molecule has 0 unspecified atom stereocenters. The molecule has 2 aromatic heterocycles. The maximum Gasteiger partial charge on any atom is 0.246 e. The van der Waals surface area contributed by atoms with Crippen LogP contribution in [0, 0.1) is 5.82 Å². The quantitative estimate of drug-likeness (QED) is 0.336. The molecular weight excluding hydrogens is 447 g/mol. The lowest BCUT2D eigenvalue weighted by Crippen LogP contribution is -2.19. The molecule has 0 bridgehead atoms. The van der Waals surface area contributed by atoms with E-state index in [9.17, 15) is 9.18 Å². The van der Waals surface area contributed by atoms with E-state index in [-0.39, 0.29) is 18.1 Å². The number of nitrogens with one attached hydrogen (secondary N) is 2. The molecule has 0 aliphatic rings. The molecule has 8 nitrogen and oxygen atoms in total. The third-order valence-electron chi connectivity index (χ3n) is 5.21. The predicted octanol–water partition coefficient (Wildman–Crippen LogP) is 4.93. The fourth-order valence-electron chi connectivity index (χ4n) is 3.52. The Morgan fingerprint density at radius 2 is 1.83 bits per heavy atom. The zero-order valence-electron chi connectivity index (χ0n) is 18.6. The van der Waals surface area contributed by atoms with Gasteiger partial charge in [-0.25, -0.2) is 14.4 Å². The normalized spacial score (nSPS) is 10.8. The van der Waals surface area contributed by atoms with Crippen molar-refractivity contribution in [1.29, 1.82) is 0 Å². The Morgan fingerprint density at radius 3 is 2.69 bits per heavy atom. The van der Waals surface area contributed by atoms with Crippen molar-refractivity contribution in [1.82, 2.24) is 19.7 Å². The molecule has 0 saturated heterocycles. The van der Waals surface area contributed by atoms with Crippen LogP contribution in [0.4, 0.5) is 21.6 Å². The van der Waals surface area contributed by atoms with E-state index >= 15 is 0 Å². The molecule has 0 spiro atoms. The molecule has 35 heavy (non-hydrogen) atoms. The van der Waals surface area contributed by atoms with Crippen LogP contribution in [0.1, 0.15) is 5.56 Å². The summed E-state index contributed by atoms with van der Waals surface area (Å²) < 4.78 is 21.1. The van der Waals surface area contributed by atoms with E-state index in [1.807, 2.05) is 48.5 Å². The first kappa shape index (κ1) is 22.0. The number of ether oxygens (including phenoxy) is 1. The van der Waals surface area contributed by atoms with Crippen LogP contribution in [0.25, 0.3) is 10.9 Å². The molecule has 0 aliphatic heterocycles. The lowest BCUT2D eigenvalue weighted by atomic mass is 10.2. The monoisotopic (exact) mass is 468 g/mol. The fraction of sp³-hybridized carbons (Fsp3) is 0.0769. The van der Waals surface area contributed by atoms with Crippen molar-refractivity contribution in [2.75, 3.05) is 10.6 Å². The number of halogens is 1. The minimum absolute atomic E-state index is 0.0668. The van der Waals surface area contributed by atoms with Gasteiger partial charge in [0.25, 0.3) is 0 Å². The number of carbonyl (C=O) groups excluding carboxylic acids is 1. The Morgan fingerprint density at radius 1 is 1.00 bits per heavy atom. The molecule has 2 heterocycles. The maximum absolute atomic E-state index is 13.7. The molecule has 9 heteroatoms. The zero-order valence-corrected chi connectivity index (χ0v) is 18.6. The van der Waals surface area contributed by atoms with Gasteiger partial charge in [-0.1, -0.05) is 42.5 Å². The Kier molecular flexibility index (Phi) is 6.29. The van der Waals surface area contributed by atoms with Gasteiger partial charge in [-0.2, -0.15) is 5.10 Å². The second kappa shape index (κ2) is 10.0. The van der Waals surface area contributed by atoms with Crippen LogP contribution in [0.5, 0.6) is 5.75 Å². The summed E-state index contributed by atoms with van der Waals surface area (Å²) in [6.45, 7) is 0.398. The topological polar surface area (TPSA) is 94.0 Å². The summed E-state index contributed by atoms with van der Waals surface area (Å²) in [5.74, 6) is 0.424. The molecule has 5 aromatic rings. The van der Waals surface area contributed by atoms with Crippen LogP contribution < -0.4 is 15.4 Å². The highest BCUT2D eigenvalue weighted by Gasteiger charge is 2.10. The number of rotatable bonds is 8. The van der Waals surface area contributed by atoms with Crippen molar-refractivity contribution in [2.24, 2.45) is 0 Å². The first-order chi connectivity index (χ1) is 17.1. The van der Waals surface area contributed by atoms with Crippen molar-refractivity contribution in [3.63, 3.8) is 0 Å². The number of amides is 1. The molecule has 5 rings (SSSR count). The Bertz CT molecular complexity index is 1470. The average molecular weight is 468 g/mol. The average Bonchev–Trinajstić information content (AvgIpc) is 3.31. The van der Waals surface area contributed by atoms with Crippen LogP contribution in [0.3, 0.4) is 0 Å². The van der Waals surface area contributed by atoms with Crippen molar-refractivity contribution in [2.45, 2.75) is 13.2 Å². The maximum atomic E-state index is 13.7. The molecule has 1 amide bonds. The number of aromatic nitrogens is 4. The summed E-state index contributed by atoms with van der Waals surface area (Å²) in [6, 6.07) is 21.6. The standard InChI is InChI=1S/C26H21FN6O2/c27-22-8-4-5-9-23(22)32-25(34)15-33-14-19(13-30-33)31-26-21-11-10-20(12-24(21)28-17-29-26)35-16-18-6-2-1-3-7-18/h1-14,17H,15-16H2,(H,32,34)(H,28,29,31). The number of hydrogen-bond acceptors (Lipinski definition) is 6. The minimum atomic E-state index is -0.493. The molecule has 0 radical (unpaired) electrons. The summed E-state index contributed by atoms with van der Waals surface area (Å²) in [7, 11) is 0. The summed E-state index contributed by atoms with van der Waals surface area (Å²) in [5, 5.41) is 10.8. The Balaban J connectivity index is 1.25. The number of para-hydroxylation sites is 1. The third kappa shape index (κ3) is 5.41. The second-order valence-electron chi connectivity index (χ2n) is 7.76.